The largest absolute Gasteiger partial charge is 0.481 e. The zero-order valence-electron chi connectivity index (χ0n) is 14.3. The van der Waals surface area contributed by atoms with E-state index < -0.39 is 36.6 Å². The van der Waals surface area contributed by atoms with Crippen molar-refractivity contribution in [3.63, 3.8) is 0 Å². The molecule has 11 heteroatoms. The maximum atomic E-state index is 13.1. The van der Waals surface area contributed by atoms with Gasteiger partial charge >= 0.3 is 13.6 Å². The fourth-order valence-electron chi connectivity index (χ4n) is 2.78. The standard InChI is InChI=1S/C15H20NO9P/c1-3-24-26(21,25-4-2)14(15(17)18)11(8-16(19)20)10-5-6-12-13(7-10)23-9-22-12/h5-7,11,14H,3-4,8-9H2,1-2H3,(H,17,18)/t11-,14+/m0/s1. The van der Waals surface area contributed by atoms with Crippen molar-refractivity contribution in [1.82, 2.24) is 0 Å². The molecule has 0 spiro atoms. The number of hydrogen-bond donors (Lipinski definition) is 1. The fraction of sp³-hybridized carbons (Fsp3) is 0.533. The van der Waals surface area contributed by atoms with E-state index in [0.29, 0.717) is 11.5 Å². The second kappa shape index (κ2) is 8.48. The number of rotatable bonds is 10. The van der Waals surface area contributed by atoms with Gasteiger partial charge in [0.2, 0.25) is 13.3 Å². The molecule has 144 valence electrons. The molecule has 10 nitrogen and oxygen atoms in total. The highest BCUT2D eigenvalue weighted by atomic mass is 31.2. The monoisotopic (exact) mass is 389 g/mol. The van der Waals surface area contributed by atoms with E-state index in [4.69, 9.17) is 18.5 Å². The van der Waals surface area contributed by atoms with Gasteiger partial charge in [-0.25, -0.2) is 0 Å². The Labute approximate surface area is 149 Å². The van der Waals surface area contributed by atoms with Crippen molar-refractivity contribution in [3.8, 4) is 11.5 Å². The van der Waals surface area contributed by atoms with Gasteiger partial charge in [-0.15, -0.1) is 0 Å². The number of hydrogen-bond acceptors (Lipinski definition) is 8. The minimum atomic E-state index is -4.16. The summed E-state index contributed by atoms with van der Waals surface area (Å²) < 4.78 is 33.8. The molecule has 1 aliphatic heterocycles. The Bertz CT molecular complexity index is 713. The van der Waals surface area contributed by atoms with Crippen LogP contribution in [0.3, 0.4) is 0 Å². The summed E-state index contributed by atoms with van der Waals surface area (Å²) in [5.74, 6) is -1.97. The predicted molar refractivity (Wildman–Crippen MR) is 89.4 cm³/mol. The van der Waals surface area contributed by atoms with Gasteiger partial charge in [-0.2, -0.15) is 0 Å². The molecule has 2 atom stereocenters. The Hall–Kier alpha value is -2.16. The lowest BCUT2D eigenvalue weighted by molar-refractivity contribution is -0.483. The van der Waals surface area contributed by atoms with Crippen LogP contribution in [0.5, 0.6) is 11.5 Å². The van der Waals surface area contributed by atoms with E-state index >= 15 is 0 Å². The van der Waals surface area contributed by atoms with Crippen molar-refractivity contribution in [2.45, 2.75) is 25.4 Å². The average Bonchev–Trinajstić information content (AvgIpc) is 3.01. The van der Waals surface area contributed by atoms with Crippen LogP contribution < -0.4 is 9.47 Å². The third-order valence-corrected chi connectivity index (χ3v) is 6.26. The molecule has 0 bridgehead atoms. The van der Waals surface area contributed by atoms with E-state index in [2.05, 4.69) is 0 Å². The summed E-state index contributed by atoms with van der Waals surface area (Å²) in [5.41, 5.74) is -1.47. The lowest BCUT2D eigenvalue weighted by Crippen LogP contribution is -2.34. The van der Waals surface area contributed by atoms with Crippen LogP contribution >= 0.6 is 7.60 Å². The van der Waals surface area contributed by atoms with Gasteiger partial charge < -0.3 is 23.6 Å². The topological polar surface area (TPSA) is 134 Å². The molecule has 1 heterocycles. The number of fused-ring (bicyclic) bond motifs is 1. The fourth-order valence-corrected chi connectivity index (χ4v) is 4.87. The highest BCUT2D eigenvalue weighted by Gasteiger charge is 2.49. The summed E-state index contributed by atoms with van der Waals surface area (Å²) in [6.45, 7) is 2.18. The molecule has 26 heavy (non-hydrogen) atoms. The summed E-state index contributed by atoms with van der Waals surface area (Å²) in [6.07, 6.45) is 0. The number of ether oxygens (including phenoxy) is 2. The van der Waals surface area contributed by atoms with Crippen LogP contribution in [0.25, 0.3) is 0 Å². The van der Waals surface area contributed by atoms with Gasteiger partial charge in [0.1, 0.15) is 0 Å². The number of nitro groups is 1. The van der Waals surface area contributed by atoms with Gasteiger partial charge in [0.05, 0.1) is 19.1 Å². The highest BCUT2D eigenvalue weighted by molar-refractivity contribution is 7.55. The minimum Gasteiger partial charge on any atom is -0.481 e. The molecule has 0 fully saturated rings. The van der Waals surface area contributed by atoms with Gasteiger partial charge in [-0.05, 0) is 31.5 Å². The molecule has 0 aromatic heterocycles. The Kier molecular flexibility index (Phi) is 6.57. The summed E-state index contributed by atoms with van der Waals surface area (Å²) in [6, 6.07) is 4.46. The molecule has 0 saturated heterocycles. The van der Waals surface area contributed by atoms with E-state index in [1.165, 1.54) is 32.0 Å². The van der Waals surface area contributed by atoms with Crippen LogP contribution in [-0.2, 0) is 18.4 Å². The molecule has 0 aliphatic carbocycles. The summed E-state index contributed by atoms with van der Waals surface area (Å²) >= 11 is 0. The van der Waals surface area contributed by atoms with Gasteiger partial charge in [-0.1, -0.05) is 6.07 Å². The zero-order chi connectivity index (χ0) is 19.3. The molecule has 1 aromatic carbocycles. The third kappa shape index (κ3) is 4.32. The summed E-state index contributed by atoms with van der Waals surface area (Å²) in [5, 5.41) is 20.9. The molecule has 2 rings (SSSR count). The normalized spacial score (nSPS) is 15.5. The van der Waals surface area contributed by atoms with Gasteiger partial charge in [0, 0.05) is 4.92 Å². The van der Waals surface area contributed by atoms with Gasteiger partial charge in [0.15, 0.2) is 17.2 Å². The smallest absolute Gasteiger partial charge is 0.345 e. The molecule has 1 aromatic rings. The van der Waals surface area contributed by atoms with E-state index in [1.807, 2.05) is 0 Å². The van der Waals surface area contributed by atoms with Crippen LogP contribution in [0.2, 0.25) is 0 Å². The van der Waals surface area contributed by atoms with Gasteiger partial charge in [0.25, 0.3) is 0 Å². The molecule has 0 radical (unpaired) electrons. The Morgan fingerprint density at radius 3 is 2.46 bits per heavy atom. The van der Waals surface area contributed by atoms with E-state index in [9.17, 15) is 24.6 Å². The van der Waals surface area contributed by atoms with Crippen LogP contribution in [0.15, 0.2) is 18.2 Å². The minimum absolute atomic E-state index is 0.00255. The van der Waals surface area contributed by atoms with Crippen molar-refractivity contribution in [3.05, 3.63) is 33.9 Å². The third-order valence-electron chi connectivity index (χ3n) is 3.76. The first-order chi connectivity index (χ1) is 12.3. The number of aliphatic carboxylic acids is 1. The summed E-state index contributed by atoms with van der Waals surface area (Å²) in [4.78, 5) is 22.4. The Morgan fingerprint density at radius 2 is 1.92 bits per heavy atom. The first kappa shape index (κ1) is 20.2. The van der Waals surface area contributed by atoms with Crippen molar-refractivity contribution in [2.24, 2.45) is 0 Å². The number of carboxylic acid groups (broad SMARTS) is 1. The molecular weight excluding hydrogens is 369 g/mol. The van der Waals surface area contributed by atoms with Crippen LogP contribution in [0.4, 0.5) is 0 Å². The molecule has 0 unspecified atom stereocenters. The SMILES string of the molecule is CCOP(=O)(OCC)[C@@H](C(=O)O)[C@@H](C[N+](=O)[O-])c1ccc2c(c1)OCO2. The van der Waals surface area contributed by atoms with Crippen molar-refractivity contribution in [2.75, 3.05) is 26.6 Å². The van der Waals surface area contributed by atoms with Crippen LogP contribution in [0.1, 0.15) is 25.3 Å². The lowest BCUT2D eigenvalue weighted by atomic mass is 9.95. The Balaban J connectivity index is 2.52. The second-order valence-electron chi connectivity index (χ2n) is 5.39. The zero-order valence-corrected chi connectivity index (χ0v) is 15.2. The second-order valence-corrected chi connectivity index (χ2v) is 7.55. The van der Waals surface area contributed by atoms with Crippen molar-refractivity contribution >= 4 is 13.6 Å². The van der Waals surface area contributed by atoms with E-state index in [0.717, 1.165) is 0 Å². The maximum absolute atomic E-state index is 13.1. The highest BCUT2D eigenvalue weighted by Crippen LogP contribution is 2.57. The Morgan fingerprint density at radius 1 is 1.31 bits per heavy atom. The van der Waals surface area contributed by atoms with Crippen molar-refractivity contribution < 1.29 is 37.9 Å². The van der Waals surface area contributed by atoms with Gasteiger partial charge in [-0.3, -0.25) is 19.5 Å². The molecular formula is C15H20NO9P. The summed E-state index contributed by atoms with van der Waals surface area (Å²) in [7, 11) is -4.16. The average molecular weight is 389 g/mol. The predicted octanol–water partition coefficient (Wildman–Crippen LogP) is 2.49. The number of carbonyl (C=O) groups is 1. The van der Waals surface area contributed by atoms with Crippen LogP contribution in [0, 0.1) is 10.1 Å². The van der Waals surface area contributed by atoms with Crippen LogP contribution in [-0.4, -0.2) is 48.2 Å². The lowest BCUT2D eigenvalue weighted by Gasteiger charge is -2.28. The number of carboxylic acids is 1. The number of nitrogens with zero attached hydrogens (tertiary/aromatic N) is 1. The molecule has 0 amide bonds. The first-order valence-electron chi connectivity index (χ1n) is 7.95. The maximum Gasteiger partial charge on any atom is 0.345 e. The number of benzene rings is 1. The van der Waals surface area contributed by atoms with Crippen molar-refractivity contribution in [1.29, 1.82) is 0 Å². The first-order valence-corrected chi connectivity index (χ1v) is 9.56. The van der Waals surface area contributed by atoms with E-state index in [1.54, 1.807) is 0 Å². The molecule has 0 saturated carbocycles. The molecule has 1 N–H and O–H groups in total. The van der Waals surface area contributed by atoms with E-state index in [-0.39, 0.29) is 25.6 Å². The quantitative estimate of drug-likeness (QED) is 0.364. The molecule has 1 aliphatic rings.